The Kier molecular flexibility index (Phi) is 4.00. The summed E-state index contributed by atoms with van der Waals surface area (Å²) in [6, 6.07) is 13.9. The third-order valence-corrected chi connectivity index (χ3v) is 4.15. The molecule has 5 nitrogen and oxygen atoms in total. The largest absolute Gasteiger partial charge is 0.367 e. The number of nitro groups is 1. The van der Waals surface area contributed by atoms with Crippen LogP contribution in [-0.2, 0) is 10.3 Å². The lowest BCUT2D eigenvalue weighted by atomic mass is 9.93. The second kappa shape index (κ2) is 5.96. The van der Waals surface area contributed by atoms with Crippen LogP contribution >= 0.6 is 0 Å². The van der Waals surface area contributed by atoms with Crippen LogP contribution in [0, 0.1) is 15.9 Å². The molecular formula is C17H17FN2O3. The fraction of sp³-hybridized carbons (Fsp3) is 0.294. The Bertz CT molecular complexity index is 723. The van der Waals surface area contributed by atoms with Gasteiger partial charge in [0.1, 0.15) is 11.3 Å². The summed E-state index contributed by atoms with van der Waals surface area (Å²) in [5.41, 5.74) is 0.202. The van der Waals surface area contributed by atoms with E-state index in [0.717, 1.165) is 11.6 Å². The Morgan fingerprint density at radius 3 is 2.65 bits per heavy atom. The Morgan fingerprint density at radius 2 is 1.96 bits per heavy atom. The Morgan fingerprint density at radius 1 is 1.22 bits per heavy atom. The number of morpholine rings is 1. The molecule has 0 N–H and O–H groups in total. The fourth-order valence-electron chi connectivity index (χ4n) is 2.98. The first-order valence-electron chi connectivity index (χ1n) is 7.38. The van der Waals surface area contributed by atoms with Crippen LogP contribution in [0.5, 0.6) is 0 Å². The van der Waals surface area contributed by atoms with Gasteiger partial charge >= 0.3 is 5.69 Å². The first-order chi connectivity index (χ1) is 11.0. The van der Waals surface area contributed by atoms with Crippen molar-refractivity contribution in [3.63, 3.8) is 0 Å². The van der Waals surface area contributed by atoms with Crippen LogP contribution in [0.1, 0.15) is 12.5 Å². The smallest absolute Gasteiger partial charge is 0.327 e. The minimum absolute atomic E-state index is 0.292. The first kappa shape index (κ1) is 15.4. The van der Waals surface area contributed by atoms with Crippen molar-refractivity contribution in [2.45, 2.75) is 12.5 Å². The van der Waals surface area contributed by atoms with Crippen LogP contribution in [0.2, 0.25) is 0 Å². The lowest BCUT2D eigenvalue weighted by Crippen LogP contribution is -2.48. The summed E-state index contributed by atoms with van der Waals surface area (Å²) in [5.74, 6) is -0.819. The molecule has 0 amide bonds. The average Bonchev–Trinajstić information content (AvgIpc) is 2.55. The van der Waals surface area contributed by atoms with E-state index in [2.05, 4.69) is 0 Å². The second-order valence-corrected chi connectivity index (χ2v) is 5.73. The molecule has 2 aromatic rings. The van der Waals surface area contributed by atoms with E-state index in [0.29, 0.717) is 25.4 Å². The zero-order valence-electron chi connectivity index (χ0n) is 12.7. The molecule has 120 valence electrons. The third kappa shape index (κ3) is 2.90. The highest BCUT2D eigenvalue weighted by Gasteiger charge is 2.36. The van der Waals surface area contributed by atoms with Gasteiger partial charge in [0, 0.05) is 6.54 Å². The molecule has 23 heavy (non-hydrogen) atoms. The molecule has 1 unspecified atom stereocenters. The Hall–Kier alpha value is -2.47. The number of ether oxygens (including phenoxy) is 1. The summed E-state index contributed by atoms with van der Waals surface area (Å²) >= 11 is 0. The van der Waals surface area contributed by atoms with E-state index in [1.54, 1.807) is 6.07 Å². The number of nitrogens with zero attached hydrogens (tertiary/aromatic N) is 2. The quantitative estimate of drug-likeness (QED) is 0.642. The summed E-state index contributed by atoms with van der Waals surface area (Å²) in [6.45, 7) is 3.26. The molecule has 1 aliphatic heterocycles. The van der Waals surface area contributed by atoms with Crippen LogP contribution in [0.25, 0.3) is 0 Å². The van der Waals surface area contributed by atoms with Gasteiger partial charge in [0.2, 0.25) is 5.82 Å². The van der Waals surface area contributed by atoms with Crippen LogP contribution in [0.3, 0.4) is 0 Å². The van der Waals surface area contributed by atoms with Gasteiger partial charge in [-0.15, -0.1) is 0 Å². The highest BCUT2D eigenvalue weighted by molar-refractivity contribution is 5.64. The summed E-state index contributed by atoms with van der Waals surface area (Å²) in [4.78, 5) is 12.4. The van der Waals surface area contributed by atoms with Crippen molar-refractivity contribution in [3.8, 4) is 0 Å². The molecule has 6 heteroatoms. The molecule has 0 radical (unpaired) electrons. The van der Waals surface area contributed by atoms with Gasteiger partial charge < -0.3 is 9.64 Å². The van der Waals surface area contributed by atoms with Gasteiger partial charge in [-0.05, 0) is 24.6 Å². The van der Waals surface area contributed by atoms with E-state index in [1.807, 2.05) is 42.2 Å². The molecular weight excluding hydrogens is 299 g/mol. The summed E-state index contributed by atoms with van der Waals surface area (Å²) in [5, 5.41) is 11.2. The maximum absolute atomic E-state index is 13.9. The Labute approximate surface area is 133 Å². The van der Waals surface area contributed by atoms with Crippen LogP contribution in [0.4, 0.5) is 15.8 Å². The van der Waals surface area contributed by atoms with Crippen LogP contribution in [-0.4, -0.2) is 24.6 Å². The number of benzene rings is 2. The lowest BCUT2D eigenvalue weighted by molar-refractivity contribution is -0.386. The van der Waals surface area contributed by atoms with Gasteiger partial charge in [-0.3, -0.25) is 10.1 Å². The molecule has 1 fully saturated rings. The normalized spacial score (nSPS) is 21.2. The maximum Gasteiger partial charge on any atom is 0.327 e. The van der Waals surface area contributed by atoms with Gasteiger partial charge in [-0.1, -0.05) is 36.4 Å². The van der Waals surface area contributed by atoms with Crippen LogP contribution < -0.4 is 4.90 Å². The maximum atomic E-state index is 13.9. The summed E-state index contributed by atoms with van der Waals surface area (Å²) < 4.78 is 19.8. The number of hydrogen-bond donors (Lipinski definition) is 0. The SMILES string of the molecule is CC1(c2ccccc2)CN(c2cccc(F)c2[N+](=O)[O-])CCO1. The van der Waals surface area contributed by atoms with Gasteiger partial charge in [0.05, 0.1) is 18.1 Å². The van der Waals surface area contributed by atoms with Crippen molar-refractivity contribution in [1.29, 1.82) is 0 Å². The molecule has 1 aliphatic rings. The second-order valence-electron chi connectivity index (χ2n) is 5.73. The molecule has 0 aromatic heterocycles. The van der Waals surface area contributed by atoms with Crippen molar-refractivity contribution < 1.29 is 14.1 Å². The number of rotatable bonds is 3. The lowest BCUT2D eigenvalue weighted by Gasteiger charge is -2.41. The number of anilines is 1. The van der Waals surface area contributed by atoms with E-state index in [1.165, 1.54) is 6.07 Å². The minimum Gasteiger partial charge on any atom is -0.367 e. The molecule has 0 bridgehead atoms. The molecule has 1 heterocycles. The monoisotopic (exact) mass is 316 g/mol. The topological polar surface area (TPSA) is 55.6 Å². The number of hydrogen-bond acceptors (Lipinski definition) is 4. The highest BCUT2D eigenvalue weighted by atomic mass is 19.1. The van der Waals surface area contributed by atoms with Crippen molar-refractivity contribution in [3.05, 3.63) is 70.0 Å². The van der Waals surface area contributed by atoms with Gasteiger partial charge in [0.15, 0.2) is 0 Å². The van der Waals surface area contributed by atoms with Crippen LogP contribution in [0.15, 0.2) is 48.5 Å². The van der Waals surface area contributed by atoms with E-state index >= 15 is 0 Å². The summed E-state index contributed by atoms with van der Waals surface area (Å²) in [6.07, 6.45) is 0. The molecule has 3 rings (SSSR count). The predicted molar refractivity (Wildman–Crippen MR) is 85.0 cm³/mol. The third-order valence-electron chi connectivity index (χ3n) is 4.15. The number of halogens is 1. The van der Waals surface area contributed by atoms with Gasteiger partial charge in [0.25, 0.3) is 0 Å². The molecule has 1 atom stereocenters. The number of nitro benzene ring substituents is 1. The predicted octanol–water partition coefficient (Wildman–Crippen LogP) is 3.49. The van der Waals surface area contributed by atoms with Gasteiger partial charge in [-0.25, -0.2) is 0 Å². The zero-order chi connectivity index (χ0) is 16.4. The van der Waals surface area contributed by atoms with E-state index in [9.17, 15) is 14.5 Å². The summed E-state index contributed by atoms with van der Waals surface area (Å²) in [7, 11) is 0. The highest BCUT2D eigenvalue weighted by Crippen LogP contribution is 2.36. The molecule has 0 aliphatic carbocycles. The Balaban J connectivity index is 1.97. The van der Waals surface area contributed by atoms with Crippen molar-refractivity contribution in [2.75, 3.05) is 24.6 Å². The first-order valence-corrected chi connectivity index (χ1v) is 7.38. The van der Waals surface area contributed by atoms with E-state index in [-0.39, 0.29) is 0 Å². The van der Waals surface area contributed by atoms with Crippen molar-refractivity contribution >= 4 is 11.4 Å². The van der Waals surface area contributed by atoms with Gasteiger partial charge in [-0.2, -0.15) is 4.39 Å². The van der Waals surface area contributed by atoms with Crippen molar-refractivity contribution in [2.24, 2.45) is 0 Å². The zero-order valence-corrected chi connectivity index (χ0v) is 12.7. The standard InChI is InChI=1S/C17H17FN2O3/c1-17(13-6-3-2-4-7-13)12-19(10-11-23-17)15-9-5-8-14(18)16(15)20(21)22/h2-9H,10-12H2,1H3. The number of para-hydroxylation sites is 1. The molecule has 0 spiro atoms. The van der Waals surface area contributed by atoms with Crippen molar-refractivity contribution in [1.82, 2.24) is 0 Å². The average molecular weight is 316 g/mol. The molecule has 2 aromatic carbocycles. The van der Waals surface area contributed by atoms with E-state index in [4.69, 9.17) is 4.74 Å². The molecule has 0 saturated carbocycles. The molecule has 1 saturated heterocycles. The minimum atomic E-state index is -0.819. The fourth-order valence-corrected chi connectivity index (χ4v) is 2.98. The van der Waals surface area contributed by atoms with E-state index < -0.39 is 22.0 Å².